The van der Waals surface area contributed by atoms with Crippen molar-refractivity contribution >= 4 is 27.7 Å². The number of aryl methyl sites for hydroxylation is 1. The second kappa shape index (κ2) is 5.74. The van der Waals surface area contributed by atoms with Gasteiger partial charge in [-0.15, -0.1) is 0 Å². The van der Waals surface area contributed by atoms with Crippen molar-refractivity contribution in [3.05, 3.63) is 34.7 Å². The van der Waals surface area contributed by atoms with Gasteiger partial charge in [-0.05, 0) is 32.2 Å². The Morgan fingerprint density at radius 3 is 2.78 bits per heavy atom. The highest BCUT2D eigenvalue weighted by atomic mass is 32.1. The number of thiazole rings is 1. The van der Waals surface area contributed by atoms with E-state index in [1.807, 2.05) is 13.0 Å². The van der Waals surface area contributed by atoms with Crippen LogP contribution in [0, 0.1) is 12.7 Å². The molecule has 23 heavy (non-hydrogen) atoms. The zero-order valence-corrected chi connectivity index (χ0v) is 14.2. The maximum absolute atomic E-state index is 13.7. The Bertz CT molecular complexity index is 723. The van der Waals surface area contributed by atoms with Crippen LogP contribution in [0.2, 0.25) is 0 Å². The van der Waals surface area contributed by atoms with Crippen LogP contribution < -0.4 is 10.3 Å². The van der Waals surface area contributed by atoms with Gasteiger partial charge < -0.3 is 10.2 Å². The average molecular weight is 333 g/mol. The van der Waals surface area contributed by atoms with Crippen LogP contribution in [0.5, 0.6) is 0 Å². The molecule has 3 heterocycles. The minimum atomic E-state index is -0.219. The summed E-state index contributed by atoms with van der Waals surface area (Å²) in [6.07, 6.45) is 0. The molecule has 122 valence electrons. The van der Waals surface area contributed by atoms with Crippen molar-refractivity contribution < 1.29 is 4.39 Å². The number of aromatic nitrogens is 1. The third-order valence-electron chi connectivity index (χ3n) is 4.37. The van der Waals surface area contributed by atoms with Crippen molar-refractivity contribution in [3.8, 4) is 0 Å². The highest BCUT2D eigenvalue weighted by molar-refractivity contribution is 7.15. The van der Waals surface area contributed by atoms with Crippen LogP contribution in [0.1, 0.15) is 10.7 Å². The monoisotopic (exact) mass is 333 g/mol. The number of halogens is 1. The van der Waals surface area contributed by atoms with Crippen molar-refractivity contribution in [3.63, 3.8) is 0 Å². The molecule has 5 nitrogen and oxygen atoms in total. The standard InChI is InChI=1S/C16H20FN5S/c1-11-19-14-10-18-13-9-12(17)3-4-15(13)22(16(14)23-11)21-7-5-20(2)6-8-21/h3-4,9,18H,5-8,10H2,1-2H3. The Morgan fingerprint density at radius 2 is 2.00 bits per heavy atom. The van der Waals surface area contributed by atoms with E-state index in [1.54, 1.807) is 17.4 Å². The van der Waals surface area contributed by atoms with E-state index in [2.05, 4.69) is 32.3 Å². The normalized spacial score (nSPS) is 19.0. The lowest BCUT2D eigenvalue weighted by Gasteiger charge is -2.40. The lowest BCUT2D eigenvalue weighted by molar-refractivity contribution is 0.155. The summed E-state index contributed by atoms with van der Waals surface area (Å²) in [6, 6.07) is 4.96. The predicted octanol–water partition coefficient (Wildman–Crippen LogP) is 2.82. The molecule has 0 radical (unpaired) electrons. The van der Waals surface area contributed by atoms with Crippen molar-refractivity contribution in [1.29, 1.82) is 0 Å². The van der Waals surface area contributed by atoms with Gasteiger partial charge in [-0.25, -0.2) is 14.4 Å². The molecule has 1 saturated heterocycles. The van der Waals surface area contributed by atoms with Crippen LogP contribution in [0.15, 0.2) is 18.2 Å². The summed E-state index contributed by atoms with van der Waals surface area (Å²) in [5.74, 6) is -0.219. The van der Waals surface area contributed by atoms with Gasteiger partial charge in [0.05, 0.1) is 28.6 Å². The molecule has 0 amide bonds. The van der Waals surface area contributed by atoms with E-state index in [1.165, 1.54) is 6.07 Å². The number of benzene rings is 1. The van der Waals surface area contributed by atoms with Crippen LogP contribution in [0.3, 0.4) is 0 Å². The van der Waals surface area contributed by atoms with Gasteiger partial charge in [-0.2, -0.15) is 0 Å². The van der Waals surface area contributed by atoms with E-state index in [-0.39, 0.29) is 5.82 Å². The van der Waals surface area contributed by atoms with Crippen LogP contribution in [0.4, 0.5) is 20.8 Å². The molecule has 0 spiro atoms. The molecule has 1 aromatic heterocycles. The molecule has 0 bridgehead atoms. The lowest BCUT2D eigenvalue weighted by atomic mass is 10.2. The molecule has 0 aliphatic carbocycles. The minimum absolute atomic E-state index is 0.219. The van der Waals surface area contributed by atoms with Gasteiger partial charge in [-0.3, -0.25) is 5.01 Å². The number of hydrazine groups is 1. The SMILES string of the molecule is Cc1nc2c(s1)N(N1CCN(C)CC1)c1ccc(F)cc1NC2. The Labute approximate surface area is 139 Å². The van der Waals surface area contributed by atoms with Gasteiger partial charge in [0.15, 0.2) is 0 Å². The van der Waals surface area contributed by atoms with Crippen LogP contribution in [-0.2, 0) is 6.54 Å². The summed E-state index contributed by atoms with van der Waals surface area (Å²) in [5, 5.41) is 10.1. The number of nitrogens with one attached hydrogen (secondary N) is 1. The number of fused-ring (bicyclic) bond motifs is 2. The highest BCUT2D eigenvalue weighted by Gasteiger charge is 2.30. The Hall–Kier alpha value is -1.70. The molecule has 1 fully saturated rings. The molecular weight excluding hydrogens is 313 g/mol. The first-order chi connectivity index (χ1) is 11.1. The second-order valence-corrected chi connectivity index (χ2v) is 7.25. The van der Waals surface area contributed by atoms with E-state index >= 15 is 0 Å². The fraction of sp³-hybridized carbons (Fsp3) is 0.438. The number of anilines is 3. The summed E-state index contributed by atoms with van der Waals surface area (Å²) in [7, 11) is 2.15. The Kier molecular flexibility index (Phi) is 3.71. The Morgan fingerprint density at radius 1 is 1.22 bits per heavy atom. The topological polar surface area (TPSA) is 34.6 Å². The molecule has 2 aliphatic rings. The quantitative estimate of drug-likeness (QED) is 0.868. The molecule has 4 rings (SSSR count). The van der Waals surface area contributed by atoms with Gasteiger partial charge in [0.25, 0.3) is 0 Å². The van der Waals surface area contributed by atoms with Gasteiger partial charge >= 0.3 is 0 Å². The number of piperazine rings is 1. The second-order valence-electron chi connectivity index (χ2n) is 6.07. The molecular formula is C16H20FN5S. The lowest BCUT2D eigenvalue weighted by Crippen LogP contribution is -2.51. The highest BCUT2D eigenvalue weighted by Crippen LogP contribution is 2.42. The van der Waals surface area contributed by atoms with E-state index in [4.69, 9.17) is 0 Å². The molecule has 1 aromatic carbocycles. The van der Waals surface area contributed by atoms with E-state index < -0.39 is 0 Å². The van der Waals surface area contributed by atoms with Crippen LogP contribution in [-0.4, -0.2) is 48.1 Å². The Balaban J connectivity index is 1.81. The van der Waals surface area contributed by atoms with Crippen molar-refractivity contribution in [1.82, 2.24) is 14.9 Å². The van der Waals surface area contributed by atoms with Gasteiger partial charge in [-0.1, -0.05) is 11.3 Å². The zero-order chi connectivity index (χ0) is 16.0. The molecule has 2 aliphatic heterocycles. The molecule has 0 unspecified atom stereocenters. The molecule has 1 N–H and O–H groups in total. The summed E-state index contributed by atoms with van der Waals surface area (Å²) in [4.78, 5) is 6.99. The van der Waals surface area contributed by atoms with Crippen LogP contribution >= 0.6 is 11.3 Å². The largest absolute Gasteiger partial charge is 0.377 e. The van der Waals surface area contributed by atoms with E-state index in [0.29, 0.717) is 6.54 Å². The summed E-state index contributed by atoms with van der Waals surface area (Å²) in [6.45, 7) is 6.60. The van der Waals surface area contributed by atoms with E-state index in [0.717, 1.165) is 53.3 Å². The van der Waals surface area contributed by atoms with E-state index in [9.17, 15) is 4.39 Å². The fourth-order valence-corrected chi connectivity index (χ4v) is 4.11. The smallest absolute Gasteiger partial charge is 0.136 e. The summed E-state index contributed by atoms with van der Waals surface area (Å²) in [5.41, 5.74) is 2.85. The van der Waals surface area contributed by atoms with Gasteiger partial charge in [0.2, 0.25) is 0 Å². The summed E-state index contributed by atoms with van der Waals surface area (Å²) >= 11 is 1.70. The number of hydrogen-bond acceptors (Lipinski definition) is 6. The molecule has 0 saturated carbocycles. The van der Waals surface area contributed by atoms with Crippen LogP contribution in [0.25, 0.3) is 0 Å². The first-order valence-corrected chi connectivity index (χ1v) is 8.67. The van der Waals surface area contributed by atoms with Crippen molar-refractivity contribution in [2.24, 2.45) is 0 Å². The number of hydrogen-bond donors (Lipinski definition) is 1. The number of likely N-dealkylation sites (N-methyl/N-ethyl adjacent to an activating group) is 1. The average Bonchev–Trinajstić information content (AvgIpc) is 2.83. The third-order valence-corrected chi connectivity index (χ3v) is 5.36. The number of rotatable bonds is 1. The fourth-order valence-electron chi connectivity index (χ4n) is 3.14. The first-order valence-electron chi connectivity index (χ1n) is 7.85. The minimum Gasteiger partial charge on any atom is -0.377 e. The number of nitrogens with zero attached hydrogens (tertiary/aromatic N) is 4. The maximum Gasteiger partial charge on any atom is 0.136 e. The summed E-state index contributed by atoms with van der Waals surface area (Å²) < 4.78 is 13.7. The predicted molar refractivity (Wildman–Crippen MR) is 91.8 cm³/mol. The first kappa shape index (κ1) is 14.9. The molecule has 2 aromatic rings. The maximum atomic E-state index is 13.7. The van der Waals surface area contributed by atoms with Gasteiger partial charge in [0.1, 0.15) is 10.8 Å². The molecule has 7 heteroatoms. The van der Waals surface area contributed by atoms with Gasteiger partial charge in [0, 0.05) is 26.2 Å². The van der Waals surface area contributed by atoms with Crippen molar-refractivity contribution in [2.45, 2.75) is 13.5 Å². The third kappa shape index (κ3) is 2.69. The zero-order valence-electron chi connectivity index (χ0n) is 13.3. The van der Waals surface area contributed by atoms with Crippen molar-refractivity contribution in [2.75, 3.05) is 43.6 Å². The molecule has 0 atom stereocenters.